The zero-order valence-electron chi connectivity index (χ0n) is 13.3. The van der Waals surface area contributed by atoms with Crippen LogP contribution in [0.25, 0.3) is 0 Å². The first-order chi connectivity index (χ1) is 10.2. The van der Waals surface area contributed by atoms with Crippen molar-refractivity contribution in [3.63, 3.8) is 0 Å². The summed E-state index contributed by atoms with van der Waals surface area (Å²) in [6.45, 7) is 5.74. The van der Waals surface area contributed by atoms with Gasteiger partial charge in [-0.25, -0.2) is 0 Å². The van der Waals surface area contributed by atoms with Gasteiger partial charge in [-0.05, 0) is 55.8 Å². The number of rotatable bonds is 7. The van der Waals surface area contributed by atoms with E-state index in [1.54, 1.807) is 0 Å². The summed E-state index contributed by atoms with van der Waals surface area (Å²) in [6.07, 6.45) is 6.67. The standard InChI is InChI=1S/C18H28ClNS/c1-3-11-20-17-10-7-14(4-2)12-18(17)21-13-15-5-8-16(19)9-6-15/h5-6,8-9,14,17-18,20H,3-4,7,10-13H2,1-2H3. The van der Waals surface area contributed by atoms with E-state index in [4.69, 9.17) is 11.6 Å². The summed E-state index contributed by atoms with van der Waals surface area (Å²) in [5.74, 6) is 2.02. The average Bonchev–Trinajstić information content (AvgIpc) is 2.52. The van der Waals surface area contributed by atoms with E-state index in [9.17, 15) is 0 Å². The third-order valence-corrected chi connectivity index (χ3v) is 6.21. The van der Waals surface area contributed by atoms with E-state index in [-0.39, 0.29) is 0 Å². The Labute approximate surface area is 139 Å². The molecule has 0 aromatic heterocycles. The molecule has 0 aliphatic heterocycles. The maximum absolute atomic E-state index is 5.96. The van der Waals surface area contributed by atoms with Crippen molar-refractivity contribution in [2.24, 2.45) is 5.92 Å². The molecular weight excluding hydrogens is 298 g/mol. The van der Waals surface area contributed by atoms with Crippen LogP contribution < -0.4 is 5.32 Å². The molecule has 1 aliphatic carbocycles. The molecule has 21 heavy (non-hydrogen) atoms. The molecule has 2 rings (SSSR count). The molecule has 0 amide bonds. The van der Waals surface area contributed by atoms with E-state index in [1.165, 1.54) is 37.7 Å². The van der Waals surface area contributed by atoms with E-state index in [0.717, 1.165) is 28.5 Å². The van der Waals surface area contributed by atoms with Gasteiger partial charge in [-0.2, -0.15) is 11.8 Å². The summed E-state index contributed by atoms with van der Waals surface area (Å²) in [6, 6.07) is 9.01. The Hall–Kier alpha value is -0.180. The minimum absolute atomic E-state index is 0.699. The highest BCUT2D eigenvalue weighted by atomic mass is 35.5. The number of benzene rings is 1. The van der Waals surface area contributed by atoms with Crippen LogP contribution in [-0.4, -0.2) is 17.8 Å². The molecule has 0 heterocycles. The fourth-order valence-corrected chi connectivity index (χ4v) is 4.71. The molecule has 1 fully saturated rings. The van der Waals surface area contributed by atoms with Crippen molar-refractivity contribution in [2.45, 2.75) is 63.0 Å². The third kappa shape index (κ3) is 5.50. The lowest BCUT2D eigenvalue weighted by molar-refractivity contribution is 0.295. The van der Waals surface area contributed by atoms with Gasteiger partial charge in [-0.15, -0.1) is 0 Å². The van der Waals surface area contributed by atoms with Crippen LogP contribution in [0.2, 0.25) is 5.02 Å². The first-order valence-corrected chi connectivity index (χ1v) is 9.75. The Morgan fingerprint density at radius 3 is 2.62 bits per heavy atom. The molecule has 1 N–H and O–H groups in total. The van der Waals surface area contributed by atoms with E-state index in [0.29, 0.717) is 6.04 Å². The molecule has 118 valence electrons. The SMILES string of the molecule is CCCNC1CCC(CC)CC1SCc1ccc(Cl)cc1. The van der Waals surface area contributed by atoms with Crippen molar-refractivity contribution in [1.82, 2.24) is 5.32 Å². The van der Waals surface area contributed by atoms with Crippen LogP contribution in [0.1, 0.15) is 51.5 Å². The molecule has 1 aliphatic rings. The minimum Gasteiger partial charge on any atom is -0.313 e. The molecule has 0 bridgehead atoms. The Balaban J connectivity index is 1.90. The molecule has 1 nitrogen and oxygen atoms in total. The van der Waals surface area contributed by atoms with Crippen molar-refractivity contribution in [3.05, 3.63) is 34.9 Å². The van der Waals surface area contributed by atoms with Gasteiger partial charge in [0, 0.05) is 22.1 Å². The number of hydrogen-bond donors (Lipinski definition) is 1. The van der Waals surface area contributed by atoms with E-state index >= 15 is 0 Å². The van der Waals surface area contributed by atoms with Crippen LogP contribution in [-0.2, 0) is 5.75 Å². The number of hydrogen-bond acceptors (Lipinski definition) is 2. The van der Waals surface area contributed by atoms with Crippen LogP contribution in [0.3, 0.4) is 0 Å². The predicted molar refractivity (Wildman–Crippen MR) is 96.2 cm³/mol. The minimum atomic E-state index is 0.699. The summed E-state index contributed by atoms with van der Waals surface area (Å²) in [5, 5.41) is 5.35. The topological polar surface area (TPSA) is 12.0 Å². The van der Waals surface area contributed by atoms with Crippen LogP contribution in [0.15, 0.2) is 24.3 Å². The van der Waals surface area contributed by atoms with Gasteiger partial charge in [0.2, 0.25) is 0 Å². The molecule has 0 spiro atoms. The fraction of sp³-hybridized carbons (Fsp3) is 0.667. The molecule has 1 aromatic carbocycles. The van der Waals surface area contributed by atoms with Crippen molar-refractivity contribution in [2.75, 3.05) is 6.54 Å². The average molecular weight is 326 g/mol. The maximum atomic E-state index is 5.96. The lowest BCUT2D eigenvalue weighted by Gasteiger charge is -2.36. The molecule has 3 atom stereocenters. The van der Waals surface area contributed by atoms with E-state index in [1.807, 2.05) is 12.1 Å². The lowest BCUT2D eigenvalue weighted by Crippen LogP contribution is -2.43. The summed E-state index contributed by atoms with van der Waals surface area (Å²) in [4.78, 5) is 0. The fourth-order valence-electron chi connectivity index (χ4n) is 3.11. The van der Waals surface area contributed by atoms with Crippen molar-refractivity contribution >= 4 is 23.4 Å². The maximum Gasteiger partial charge on any atom is 0.0406 e. The van der Waals surface area contributed by atoms with Crippen molar-refractivity contribution in [1.29, 1.82) is 0 Å². The van der Waals surface area contributed by atoms with Gasteiger partial charge in [0.15, 0.2) is 0 Å². The van der Waals surface area contributed by atoms with Crippen LogP contribution in [0, 0.1) is 5.92 Å². The van der Waals surface area contributed by atoms with Gasteiger partial charge < -0.3 is 5.32 Å². The molecule has 3 unspecified atom stereocenters. The largest absolute Gasteiger partial charge is 0.313 e. The first-order valence-electron chi connectivity index (χ1n) is 8.32. The molecular formula is C18H28ClNS. The summed E-state index contributed by atoms with van der Waals surface area (Å²) in [5.41, 5.74) is 1.39. The second-order valence-corrected chi connectivity index (χ2v) is 7.79. The van der Waals surface area contributed by atoms with Crippen molar-refractivity contribution in [3.8, 4) is 0 Å². The van der Waals surface area contributed by atoms with Gasteiger partial charge in [-0.3, -0.25) is 0 Å². The van der Waals surface area contributed by atoms with E-state index in [2.05, 4.69) is 43.1 Å². The Morgan fingerprint density at radius 2 is 1.95 bits per heavy atom. The summed E-state index contributed by atoms with van der Waals surface area (Å²) < 4.78 is 0. The quantitative estimate of drug-likeness (QED) is 0.708. The third-order valence-electron chi connectivity index (χ3n) is 4.51. The van der Waals surface area contributed by atoms with Gasteiger partial charge in [0.05, 0.1) is 0 Å². The number of thioether (sulfide) groups is 1. The van der Waals surface area contributed by atoms with Crippen LogP contribution >= 0.6 is 23.4 Å². The molecule has 1 aromatic rings. The molecule has 1 saturated carbocycles. The van der Waals surface area contributed by atoms with Crippen molar-refractivity contribution < 1.29 is 0 Å². The highest BCUT2D eigenvalue weighted by molar-refractivity contribution is 7.99. The smallest absolute Gasteiger partial charge is 0.0406 e. The highest BCUT2D eigenvalue weighted by Crippen LogP contribution is 2.35. The van der Waals surface area contributed by atoms with Gasteiger partial charge >= 0.3 is 0 Å². The second-order valence-electron chi connectivity index (χ2n) is 6.12. The monoisotopic (exact) mass is 325 g/mol. The molecule has 0 radical (unpaired) electrons. The van der Waals surface area contributed by atoms with Gasteiger partial charge in [0.1, 0.15) is 0 Å². The molecule has 0 saturated heterocycles. The Bertz CT molecular complexity index is 406. The first kappa shape index (κ1) is 17.2. The van der Waals surface area contributed by atoms with Gasteiger partial charge in [-0.1, -0.05) is 44.0 Å². The number of nitrogens with one attached hydrogen (secondary N) is 1. The van der Waals surface area contributed by atoms with Gasteiger partial charge in [0.25, 0.3) is 0 Å². The summed E-state index contributed by atoms with van der Waals surface area (Å²) in [7, 11) is 0. The zero-order chi connectivity index (χ0) is 15.1. The molecule has 3 heteroatoms. The van der Waals surface area contributed by atoms with Crippen LogP contribution in [0.5, 0.6) is 0 Å². The second kappa shape index (κ2) is 9.07. The normalized spacial score (nSPS) is 26.0. The predicted octanol–water partition coefficient (Wildman–Crippen LogP) is 5.52. The van der Waals surface area contributed by atoms with Crippen LogP contribution in [0.4, 0.5) is 0 Å². The van der Waals surface area contributed by atoms with E-state index < -0.39 is 0 Å². The summed E-state index contributed by atoms with van der Waals surface area (Å²) >= 11 is 8.09. The lowest BCUT2D eigenvalue weighted by atomic mass is 9.84. The Morgan fingerprint density at radius 1 is 1.19 bits per heavy atom. The highest BCUT2D eigenvalue weighted by Gasteiger charge is 2.29. The number of halogens is 1. The zero-order valence-corrected chi connectivity index (χ0v) is 14.8. The Kier molecular flexibility index (Phi) is 7.42.